The van der Waals surface area contributed by atoms with E-state index in [0.717, 1.165) is 34.8 Å². The van der Waals surface area contributed by atoms with Gasteiger partial charge in [0.2, 0.25) is 0 Å². The Labute approximate surface area is 118 Å². The number of benzene rings is 1. The van der Waals surface area contributed by atoms with Crippen LogP contribution in [0, 0.1) is 13.8 Å². The highest BCUT2D eigenvalue weighted by Crippen LogP contribution is 2.18. The summed E-state index contributed by atoms with van der Waals surface area (Å²) in [7, 11) is 1.68. The van der Waals surface area contributed by atoms with Crippen LogP contribution >= 0.6 is 0 Å². The summed E-state index contributed by atoms with van der Waals surface area (Å²) in [6.07, 6.45) is 2.72. The van der Waals surface area contributed by atoms with Crippen LogP contribution in [-0.4, -0.2) is 21.7 Å². The van der Waals surface area contributed by atoms with Gasteiger partial charge in [0.15, 0.2) is 5.65 Å². The number of aryl methyl sites for hydroxylation is 2. The Hall–Kier alpha value is -2.36. The van der Waals surface area contributed by atoms with Crippen molar-refractivity contribution >= 4 is 5.65 Å². The molecule has 0 bridgehead atoms. The molecule has 0 spiro atoms. The van der Waals surface area contributed by atoms with Gasteiger partial charge >= 0.3 is 0 Å². The third kappa shape index (κ3) is 2.25. The molecule has 0 aliphatic heterocycles. The lowest BCUT2D eigenvalue weighted by molar-refractivity contribution is 0.414. The second-order valence-electron chi connectivity index (χ2n) is 4.97. The van der Waals surface area contributed by atoms with E-state index in [-0.39, 0.29) is 0 Å². The minimum atomic E-state index is 0.823. The van der Waals surface area contributed by atoms with Gasteiger partial charge in [-0.3, -0.25) is 0 Å². The van der Waals surface area contributed by atoms with E-state index in [1.54, 1.807) is 7.11 Å². The average Bonchev–Trinajstić information content (AvgIpc) is 2.83. The SMILES string of the molecule is COc1ccc(Cc2cnn3c(C)cc(C)nc23)cc1. The van der Waals surface area contributed by atoms with Crippen LogP contribution in [0.2, 0.25) is 0 Å². The second-order valence-corrected chi connectivity index (χ2v) is 4.97. The van der Waals surface area contributed by atoms with Gasteiger partial charge in [-0.1, -0.05) is 12.1 Å². The van der Waals surface area contributed by atoms with E-state index in [1.807, 2.05) is 42.8 Å². The van der Waals surface area contributed by atoms with Gasteiger partial charge < -0.3 is 4.74 Å². The standard InChI is InChI=1S/C16H17N3O/c1-11-8-12(2)19-16(18-11)14(10-17-19)9-13-4-6-15(20-3)7-5-13/h4-8,10H,9H2,1-3H3. The summed E-state index contributed by atoms with van der Waals surface area (Å²) in [5.41, 5.74) is 5.43. The number of ether oxygens (including phenoxy) is 1. The molecule has 2 aromatic heterocycles. The molecule has 20 heavy (non-hydrogen) atoms. The molecule has 0 amide bonds. The lowest BCUT2D eigenvalue weighted by Gasteiger charge is -2.04. The van der Waals surface area contributed by atoms with Crippen LogP contribution in [0.15, 0.2) is 36.5 Å². The zero-order valence-corrected chi connectivity index (χ0v) is 11.9. The van der Waals surface area contributed by atoms with Gasteiger partial charge in [-0.15, -0.1) is 0 Å². The Balaban J connectivity index is 1.97. The van der Waals surface area contributed by atoms with Gasteiger partial charge in [-0.2, -0.15) is 5.10 Å². The molecule has 0 N–H and O–H groups in total. The molecule has 3 rings (SSSR count). The molecule has 0 atom stereocenters. The van der Waals surface area contributed by atoms with Gasteiger partial charge in [0.1, 0.15) is 5.75 Å². The summed E-state index contributed by atoms with van der Waals surface area (Å²) in [4.78, 5) is 4.60. The second kappa shape index (κ2) is 4.96. The summed E-state index contributed by atoms with van der Waals surface area (Å²) >= 11 is 0. The maximum absolute atomic E-state index is 5.18. The fourth-order valence-electron chi connectivity index (χ4n) is 2.40. The number of rotatable bonds is 3. The van der Waals surface area contributed by atoms with Gasteiger partial charge in [0.25, 0.3) is 0 Å². The number of aromatic nitrogens is 3. The van der Waals surface area contributed by atoms with Crippen LogP contribution in [-0.2, 0) is 6.42 Å². The number of methoxy groups -OCH3 is 1. The van der Waals surface area contributed by atoms with Crippen molar-refractivity contribution in [2.45, 2.75) is 20.3 Å². The maximum atomic E-state index is 5.18. The molecule has 102 valence electrons. The highest BCUT2D eigenvalue weighted by Gasteiger charge is 2.09. The lowest BCUT2D eigenvalue weighted by Crippen LogP contribution is -1.98. The molecular weight excluding hydrogens is 250 g/mol. The Morgan fingerprint density at radius 2 is 1.90 bits per heavy atom. The minimum absolute atomic E-state index is 0.823. The summed E-state index contributed by atoms with van der Waals surface area (Å²) < 4.78 is 7.07. The summed E-state index contributed by atoms with van der Waals surface area (Å²) in [6, 6.07) is 10.1. The summed E-state index contributed by atoms with van der Waals surface area (Å²) in [5, 5.41) is 4.42. The highest BCUT2D eigenvalue weighted by molar-refractivity contribution is 5.50. The van der Waals surface area contributed by atoms with Crippen molar-refractivity contribution in [3.8, 4) is 5.75 Å². The number of nitrogens with zero attached hydrogens (tertiary/aromatic N) is 3. The molecule has 0 aliphatic rings. The van der Waals surface area contributed by atoms with E-state index in [0.29, 0.717) is 0 Å². The Bertz CT molecular complexity index is 744. The molecule has 0 saturated carbocycles. The number of hydrogen-bond acceptors (Lipinski definition) is 3. The molecule has 0 unspecified atom stereocenters. The first-order chi connectivity index (χ1) is 9.67. The first-order valence-corrected chi connectivity index (χ1v) is 6.61. The van der Waals surface area contributed by atoms with E-state index in [1.165, 1.54) is 5.56 Å². The Kier molecular flexibility index (Phi) is 3.14. The molecule has 0 aliphatic carbocycles. The molecule has 4 nitrogen and oxygen atoms in total. The smallest absolute Gasteiger partial charge is 0.158 e. The molecule has 0 fully saturated rings. The van der Waals surface area contributed by atoms with E-state index in [9.17, 15) is 0 Å². The lowest BCUT2D eigenvalue weighted by atomic mass is 10.1. The van der Waals surface area contributed by atoms with Crippen molar-refractivity contribution in [1.29, 1.82) is 0 Å². The largest absolute Gasteiger partial charge is 0.497 e. The van der Waals surface area contributed by atoms with Crippen molar-refractivity contribution in [1.82, 2.24) is 14.6 Å². The maximum Gasteiger partial charge on any atom is 0.158 e. The van der Waals surface area contributed by atoms with Gasteiger partial charge in [-0.05, 0) is 37.6 Å². The van der Waals surface area contributed by atoms with Crippen molar-refractivity contribution in [3.05, 3.63) is 59.0 Å². The number of hydrogen-bond donors (Lipinski definition) is 0. The molecular formula is C16H17N3O. The predicted octanol–water partition coefficient (Wildman–Crippen LogP) is 2.95. The summed E-state index contributed by atoms with van der Waals surface area (Å²) in [6.45, 7) is 4.06. The van der Waals surface area contributed by atoms with Crippen molar-refractivity contribution in [3.63, 3.8) is 0 Å². The molecule has 1 aromatic carbocycles. The van der Waals surface area contributed by atoms with E-state index in [4.69, 9.17) is 4.74 Å². The quantitative estimate of drug-likeness (QED) is 0.732. The van der Waals surface area contributed by atoms with Crippen LogP contribution in [0.4, 0.5) is 0 Å². The van der Waals surface area contributed by atoms with Crippen LogP contribution in [0.3, 0.4) is 0 Å². The van der Waals surface area contributed by atoms with E-state index in [2.05, 4.69) is 22.2 Å². The van der Waals surface area contributed by atoms with E-state index < -0.39 is 0 Å². The minimum Gasteiger partial charge on any atom is -0.497 e. The normalized spacial score (nSPS) is 10.9. The average molecular weight is 267 g/mol. The Morgan fingerprint density at radius 1 is 1.15 bits per heavy atom. The molecule has 2 heterocycles. The van der Waals surface area contributed by atoms with E-state index >= 15 is 0 Å². The third-order valence-corrected chi connectivity index (χ3v) is 3.40. The third-order valence-electron chi connectivity index (χ3n) is 3.40. The molecule has 3 aromatic rings. The number of fused-ring (bicyclic) bond motifs is 1. The van der Waals surface area contributed by atoms with Gasteiger partial charge in [0, 0.05) is 23.4 Å². The van der Waals surface area contributed by atoms with Crippen molar-refractivity contribution < 1.29 is 4.74 Å². The van der Waals surface area contributed by atoms with Crippen LogP contribution in [0.1, 0.15) is 22.5 Å². The predicted molar refractivity (Wildman–Crippen MR) is 78.3 cm³/mol. The van der Waals surface area contributed by atoms with Crippen LogP contribution in [0.5, 0.6) is 5.75 Å². The van der Waals surface area contributed by atoms with Gasteiger partial charge in [0.05, 0.1) is 13.3 Å². The highest BCUT2D eigenvalue weighted by atomic mass is 16.5. The first kappa shape index (κ1) is 12.7. The monoisotopic (exact) mass is 267 g/mol. The topological polar surface area (TPSA) is 39.4 Å². The molecule has 0 saturated heterocycles. The zero-order valence-electron chi connectivity index (χ0n) is 11.9. The fraction of sp³-hybridized carbons (Fsp3) is 0.250. The zero-order chi connectivity index (χ0) is 14.1. The molecule has 4 heteroatoms. The fourth-order valence-corrected chi connectivity index (χ4v) is 2.40. The molecule has 0 radical (unpaired) electrons. The Morgan fingerprint density at radius 3 is 2.60 bits per heavy atom. The van der Waals surface area contributed by atoms with Crippen molar-refractivity contribution in [2.75, 3.05) is 7.11 Å². The van der Waals surface area contributed by atoms with Gasteiger partial charge in [-0.25, -0.2) is 9.50 Å². The van der Waals surface area contributed by atoms with Crippen LogP contribution < -0.4 is 4.74 Å². The van der Waals surface area contributed by atoms with Crippen molar-refractivity contribution in [2.24, 2.45) is 0 Å². The summed E-state index contributed by atoms with van der Waals surface area (Å²) in [5.74, 6) is 0.874. The van der Waals surface area contributed by atoms with Crippen LogP contribution in [0.25, 0.3) is 5.65 Å². The first-order valence-electron chi connectivity index (χ1n) is 6.61.